The van der Waals surface area contributed by atoms with Gasteiger partial charge < -0.3 is 10.8 Å². The maximum atomic E-state index is 11.8. The van der Waals surface area contributed by atoms with Gasteiger partial charge in [0.15, 0.2) is 0 Å². The summed E-state index contributed by atoms with van der Waals surface area (Å²) in [5.74, 6) is -1.42. The van der Waals surface area contributed by atoms with Crippen LogP contribution in [0.2, 0.25) is 0 Å². The number of rotatable bonds is 5. The van der Waals surface area contributed by atoms with E-state index in [0.717, 1.165) is 12.8 Å². The smallest absolute Gasteiger partial charge is 0.310 e. The summed E-state index contributed by atoms with van der Waals surface area (Å²) < 4.78 is 0. The molecule has 1 atom stereocenters. The fourth-order valence-corrected chi connectivity index (χ4v) is 3.32. The van der Waals surface area contributed by atoms with Crippen LogP contribution >= 0.6 is 0 Å². The second kappa shape index (κ2) is 5.58. The Bertz CT molecular complexity index is 524. The number of nitro benzene ring substituents is 1. The van der Waals surface area contributed by atoms with Gasteiger partial charge in [0.25, 0.3) is 5.69 Å². The third-order valence-corrected chi connectivity index (χ3v) is 4.33. The van der Waals surface area contributed by atoms with Gasteiger partial charge in [-0.25, -0.2) is 0 Å². The Hall–Kier alpha value is -1.95. The molecule has 6 heteroatoms. The van der Waals surface area contributed by atoms with Crippen molar-refractivity contribution in [2.45, 2.75) is 31.6 Å². The van der Waals surface area contributed by atoms with Crippen LogP contribution in [0, 0.1) is 15.5 Å². The number of nitro groups is 1. The lowest BCUT2D eigenvalue weighted by atomic mass is 9.70. The number of benzene rings is 1. The number of hydrogen-bond donors (Lipinski definition) is 2. The van der Waals surface area contributed by atoms with Crippen molar-refractivity contribution in [1.82, 2.24) is 0 Å². The Labute approximate surface area is 116 Å². The van der Waals surface area contributed by atoms with Crippen LogP contribution in [0.5, 0.6) is 0 Å². The zero-order chi connectivity index (χ0) is 14.8. The maximum absolute atomic E-state index is 11.8. The number of hydrogen-bond acceptors (Lipinski definition) is 4. The van der Waals surface area contributed by atoms with E-state index < -0.39 is 22.2 Å². The molecule has 0 amide bonds. The summed E-state index contributed by atoms with van der Waals surface area (Å²) in [7, 11) is 0. The van der Waals surface area contributed by atoms with Gasteiger partial charge in [0.05, 0.1) is 10.3 Å². The summed E-state index contributed by atoms with van der Waals surface area (Å²) in [5.41, 5.74) is 5.21. The quantitative estimate of drug-likeness (QED) is 0.634. The van der Waals surface area contributed by atoms with Crippen LogP contribution < -0.4 is 5.73 Å². The molecule has 1 aliphatic rings. The van der Waals surface area contributed by atoms with E-state index in [-0.39, 0.29) is 12.2 Å². The van der Waals surface area contributed by atoms with Gasteiger partial charge in [-0.2, -0.15) is 0 Å². The highest BCUT2D eigenvalue weighted by molar-refractivity contribution is 5.77. The minimum atomic E-state index is -0.971. The van der Waals surface area contributed by atoms with Gasteiger partial charge in [-0.1, -0.05) is 31.0 Å². The average molecular weight is 278 g/mol. The highest BCUT2D eigenvalue weighted by Crippen LogP contribution is 2.50. The summed E-state index contributed by atoms with van der Waals surface area (Å²) in [4.78, 5) is 22.4. The minimum Gasteiger partial charge on any atom is -0.481 e. The summed E-state index contributed by atoms with van der Waals surface area (Å²) >= 11 is 0. The molecule has 20 heavy (non-hydrogen) atoms. The molecule has 0 saturated heterocycles. The van der Waals surface area contributed by atoms with Crippen LogP contribution in [0.1, 0.15) is 37.2 Å². The van der Waals surface area contributed by atoms with E-state index >= 15 is 0 Å². The van der Waals surface area contributed by atoms with Gasteiger partial charge in [0.1, 0.15) is 0 Å². The maximum Gasteiger partial charge on any atom is 0.310 e. The zero-order valence-corrected chi connectivity index (χ0v) is 11.1. The van der Waals surface area contributed by atoms with Crippen molar-refractivity contribution in [3.8, 4) is 0 Å². The van der Waals surface area contributed by atoms with Gasteiger partial charge >= 0.3 is 5.97 Å². The molecule has 1 fully saturated rings. The molecule has 0 heterocycles. The van der Waals surface area contributed by atoms with Crippen molar-refractivity contribution < 1.29 is 14.8 Å². The minimum absolute atomic E-state index is 0.0459. The first-order valence-electron chi connectivity index (χ1n) is 6.69. The molecule has 0 radical (unpaired) electrons. The van der Waals surface area contributed by atoms with Gasteiger partial charge in [-0.15, -0.1) is 0 Å². The van der Waals surface area contributed by atoms with E-state index in [1.807, 2.05) is 0 Å². The van der Waals surface area contributed by atoms with Crippen LogP contribution in [0.4, 0.5) is 5.69 Å². The van der Waals surface area contributed by atoms with Crippen molar-refractivity contribution in [3.05, 3.63) is 39.9 Å². The molecular formula is C14H18N2O4. The molecule has 0 bridgehead atoms. The summed E-state index contributed by atoms with van der Waals surface area (Å²) in [5, 5.41) is 20.8. The fourth-order valence-electron chi connectivity index (χ4n) is 3.32. The number of carbonyl (C=O) groups is 1. The third-order valence-electron chi connectivity index (χ3n) is 4.33. The predicted octanol–water partition coefficient (Wildman–Crippen LogP) is 2.28. The third kappa shape index (κ3) is 2.27. The highest BCUT2D eigenvalue weighted by atomic mass is 16.6. The molecule has 0 aromatic heterocycles. The van der Waals surface area contributed by atoms with Crippen molar-refractivity contribution >= 4 is 11.7 Å². The molecule has 3 N–H and O–H groups in total. The Morgan fingerprint density at radius 1 is 1.40 bits per heavy atom. The summed E-state index contributed by atoms with van der Waals surface area (Å²) in [6.45, 7) is 0.0944. The van der Waals surface area contributed by atoms with Crippen LogP contribution in [0.3, 0.4) is 0 Å². The number of nitrogens with zero attached hydrogens (tertiary/aromatic N) is 1. The first-order chi connectivity index (χ1) is 9.53. The Balaban J connectivity index is 2.52. The monoisotopic (exact) mass is 278 g/mol. The molecule has 1 aromatic carbocycles. The van der Waals surface area contributed by atoms with Gasteiger partial charge in [-0.3, -0.25) is 14.9 Å². The Kier molecular flexibility index (Phi) is 4.04. The molecule has 108 valence electrons. The van der Waals surface area contributed by atoms with E-state index in [1.165, 1.54) is 6.07 Å². The van der Waals surface area contributed by atoms with E-state index in [9.17, 15) is 20.0 Å². The first kappa shape index (κ1) is 14.5. The molecule has 2 rings (SSSR count). The predicted molar refractivity (Wildman–Crippen MR) is 73.4 cm³/mol. The van der Waals surface area contributed by atoms with E-state index in [1.54, 1.807) is 18.2 Å². The number of para-hydroxylation sites is 1. The molecule has 1 aliphatic carbocycles. The second-order valence-electron chi connectivity index (χ2n) is 5.27. The number of carboxylic acids is 1. The van der Waals surface area contributed by atoms with Crippen LogP contribution in [0.25, 0.3) is 0 Å². The van der Waals surface area contributed by atoms with Crippen molar-refractivity contribution in [3.63, 3.8) is 0 Å². The number of aliphatic carboxylic acids is 1. The number of nitrogens with two attached hydrogens (primary N) is 1. The lowest BCUT2D eigenvalue weighted by molar-refractivity contribution is -0.385. The standard InChI is InChI=1S/C14H18N2O4/c15-9-11(14(13(17)18)7-3-4-8-14)10-5-1-2-6-12(10)16(19)20/h1-2,5-6,11H,3-4,7-9,15H2,(H,17,18)/t11-/m1/s1. The van der Waals surface area contributed by atoms with E-state index in [0.29, 0.717) is 18.4 Å². The molecular weight excluding hydrogens is 260 g/mol. The molecule has 0 spiro atoms. The average Bonchev–Trinajstić information content (AvgIpc) is 2.91. The second-order valence-corrected chi connectivity index (χ2v) is 5.27. The molecule has 0 aliphatic heterocycles. The van der Waals surface area contributed by atoms with Gasteiger partial charge in [0.2, 0.25) is 0 Å². The largest absolute Gasteiger partial charge is 0.481 e. The normalized spacial score (nSPS) is 18.6. The lowest BCUT2D eigenvalue weighted by Gasteiger charge is -2.32. The summed E-state index contributed by atoms with van der Waals surface area (Å²) in [6, 6.07) is 6.30. The van der Waals surface area contributed by atoms with Gasteiger partial charge in [-0.05, 0) is 12.8 Å². The molecule has 6 nitrogen and oxygen atoms in total. The topological polar surface area (TPSA) is 106 Å². The van der Waals surface area contributed by atoms with E-state index in [4.69, 9.17) is 5.73 Å². The fraction of sp³-hybridized carbons (Fsp3) is 0.500. The highest BCUT2D eigenvalue weighted by Gasteiger charge is 2.49. The zero-order valence-electron chi connectivity index (χ0n) is 11.1. The molecule has 0 unspecified atom stereocenters. The lowest BCUT2D eigenvalue weighted by Crippen LogP contribution is -2.38. The van der Waals surface area contributed by atoms with E-state index in [2.05, 4.69) is 0 Å². The summed E-state index contributed by atoms with van der Waals surface area (Å²) in [6.07, 6.45) is 2.69. The molecule has 1 aromatic rings. The van der Waals surface area contributed by atoms with Crippen molar-refractivity contribution in [2.24, 2.45) is 11.1 Å². The van der Waals surface area contributed by atoms with Crippen LogP contribution in [-0.2, 0) is 4.79 Å². The Morgan fingerprint density at radius 3 is 2.50 bits per heavy atom. The van der Waals surface area contributed by atoms with Crippen LogP contribution in [0.15, 0.2) is 24.3 Å². The Morgan fingerprint density at radius 2 is 2.00 bits per heavy atom. The molecule has 1 saturated carbocycles. The first-order valence-corrected chi connectivity index (χ1v) is 6.69. The van der Waals surface area contributed by atoms with Gasteiger partial charge in [0, 0.05) is 24.1 Å². The van der Waals surface area contributed by atoms with Crippen molar-refractivity contribution in [2.75, 3.05) is 6.54 Å². The van der Waals surface area contributed by atoms with Crippen molar-refractivity contribution in [1.29, 1.82) is 0 Å². The number of carboxylic acid groups (broad SMARTS) is 1. The SMILES string of the molecule is NC[C@H](c1ccccc1[N+](=O)[O-])C1(C(=O)O)CCCC1. The van der Waals surface area contributed by atoms with Crippen LogP contribution in [-0.4, -0.2) is 22.5 Å².